The Kier molecular flexibility index (Phi) is 6.92. The summed E-state index contributed by atoms with van der Waals surface area (Å²) in [7, 11) is 2.01. The molecule has 0 saturated carbocycles. The lowest BCUT2D eigenvalue weighted by Gasteiger charge is -2.32. The van der Waals surface area contributed by atoms with Crippen LogP contribution in [0.15, 0.2) is 36.5 Å². The van der Waals surface area contributed by atoms with Gasteiger partial charge in [0.1, 0.15) is 23.7 Å². The molecule has 1 aromatic carbocycles. The summed E-state index contributed by atoms with van der Waals surface area (Å²) < 4.78 is 46.1. The molecule has 9 nitrogen and oxygen atoms in total. The summed E-state index contributed by atoms with van der Waals surface area (Å²) >= 11 is 0. The first-order chi connectivity index (χ1) is 16.6. The number of amides is 2. The number of likely N-dealkylation sites (N-methyl/N-ethyl adjacent to an activating group) is 1. The highest BCUT2D eigenvalue weighted by Crippen LogP contribution is 2.31. The molecule has 35 heavy (non-hydrogen) atoms. The van der Waals surface area contributed by atoms with E-state index in [9.17, 15) is 22.8 Å². The number of aromatic nitrogens is 3. The lowest BCUT2D eigenvalue weighted by atomic mass is 10.2. The highest BCUT2D eigenvalue weighted by Gasteiger charge is 2.33. The van der Waals surface area contributed by atoms with Crippen molar-refractivity contribution in [2.45, 2.75) is 19.6 Å². The summed E-state index contributed by atoms with van der Waals surface area (Å²) in [6.07, 6.45) is -2.99. The van der Waals surface area contributed by atoms with E-state index < -0.39 is 17.8 Å². The number of ether oxygens (including phenoxy) is 1. The number of halogens is 3. The van der Waals surface area contributed by atoms with E-state index in [1.54, 1.807) is 30.2 Å². The van der Waals surface area contributed by atoms with Gasteiger partial charge >= 0.3 is 6.18 Å². The van der Waals surface area contributed by atoms with E-state index in [2.05, 4.69) is 20.3 Å². The van der Waals surface area contributed by atoms with Crippen LogP contribution in [0.5, 0.6) is 5.75 Å². The van der Waals surface area contributed by atoms with Gasteiger partial charge in [-0.1, -0.05) is 6.07 Å². The number of nitrogens with one attached hydrogen (secondary N) is 1. The van der Waals surface area contributed by atoms with E-state index in [0.717, 1.165) is 25.2 Å². The predicted octanol–water partition coefficient (Wildman–Crippen LogP) is 2.88. The molecule has 12 heteroatoms. The summed E-state index contributed by atoms with van der Waals surface area (Å²) in [5.74, 6) is -0.551. The van der Waals surface area contributed by atoms with E-state index in [-0.39, 0.29) is 23.8 Å². The van der Waals surface area contributed by atoms with Crippen LogP contribution in [0.3, 0.4) is 0 Å². The number of fused-ring (bicyclic) bond motifs is 1. The van der Waals surface area contributed by atoms with Crippen molar-refractivity contribution in [1.29, 1.82) is 0 Å². The zero-order chi connectivity index (χ0) is 25.2. The van der Waals surface area contributed by atoms with Crippen LogP contribution in [0.2, 0.25) is 0 Å². The summed E-state index contributed by atoms with van der Waals surface area (Å²) in [6.45, 7) is 5.06. The smallest absolute Gasteiger partial charge is 0.433 e. The largest absolute Gasteiger partial charge is 0.492 e. The second kappa shape index (κ2) is 9.90. The second-order valence-electron chi connectivity index (χ2n) is 8.21. The zero-order valence-corrected chi connectivity index (χ0v) is 19.3. The van der Waals surface area contributed by atoms with Crippen molar-refractivity contribution in [2.24, 2.45) is 0 Å². The number of carbonyl (C=O) groups is 2. The average molecular weight is 490 g/mol. The Morgan fingerprint density at radius 2 is 1.89 bits per heavy atom. The van der Waals surface area contributed by atoms with Gasteiger partial charge in [0.25, 0.3) is 5.91 Å². The van der Waals surface area contributed by atoms with Crippen LogP contribution in [0.1, 0.15) is 23.1 Å². The minimum Gasteiger partial charge on any atom is -0.492 e. The fourth-order valence-electron chi connectivity index (χ4n) is 3.76. The van der Waals surface area contributed by atoms with Gasteiger partial charge in [0.05, 0.1) is 17.8 Å². The lowest BCUT2D eigenvalue weighted by molar-refractivity contribution is -0.141. The number of hydrogen-bond acceptors (Lipinski definition) is 6. The third-order valence-corrected chi connectivity index (χ3v) is 5.63. The number of pyridine rings is 1. The highest BCUT2D eigenvalue weighted by molar-refractivity contribution is 6.05. The summed E-state index contributed by atoms with van der Waals surface area (Å²) in [5.41, 5.74) is -0.726. The molecule has 0 atom stereocenters. The minimum absolute atomic E-state index is 0.0416. The summed E-state index contributed by atoms with van der Waals surface area (Å²) in [6, 6.07) is 6.34. The van der Waals surface area contributed by atoms with Crippen LogP contribution in [0.25, 0.3) is 10.9 Å². The third kappa shape index (κ3) is 5.70. The normalized spacial score (nSPS) is 14.8. The van der Waals surface area contributed by atoms with Gasteiger partial charge in [-0.3, -0.25) is 14.3 Å². The van der Waals surface area contributed by atoms with Gasteiger partial charge < -0.3 is 19.9 Å². The van der Waals surface area contributed by atoms with Crippen LogP contribution >= 0.6 is 0 Å². The van der Waals surface area contributed by atoms with Crippen molar-refractivity contribution in [3.8, 4) is 5.75 Å². The van der Waals surface area contributed by atoms with Gasteiger partial charge in [-0.2, -0.15) is 18.3 Å². The van der Waals surface area contributed by atoms with Crippen LogP contribution in [-0.2, 0) is 17.5 Å². The molecule has 0 bridgehead atoms. The molecule has 3 heterocycles. The van der Waals surface area contributed by atoms with Gasteiger partial charge in [-0.25, -0.2) is 4.98 Å². The second-order valence-corrected chi connectivity index (χ2v) is 8.21. The fraction of sp³-hybridized carbons (Fsp3) is 0.391. The molecule has 2 amide bonds. The number of hydrogen-bond donors (Lipinski definition) is 1. The van der Waals surface area contributed by atoms with Gasteiger partial charge in [0.15, 0.2) is 0 Å². The van der Waals surface area contributed by atoms with Gasteiger partial charge in [-0.15, -0.1) is 0 Å². The molecule has 0 unspecified atom stereocenters. The minimum atomic E-state index is -4.66. The number of anilines is 1. The van der Waals surface area contributed by atoms with Gasteiger partial charge in [0.2, 0.25) is 5.91 Å². The van der Waals surface area contributed by atoms with Crippen LogP contribution in [0.4, 0.5) is 18.9 Å². The molecule has 1 aliphatic rings. The van der Waals surface area contributed by atoms with Crippen molar-refractivity contribution < 1.29 is 27.5 Å². The van der Waals surface area contributed by atoms with E-state index >= 15 is 0 Å². The maximum Gasteiger partial charge on any atom is 0.433 e. The monoisotopic (exact) mass is 490 g/mol. The number of rotatable bonds is 6. The predicted molar refractivity (Wildman–Crippen MR) is 122 cm³/mol. The standard InChI is InChI=1S/C23H25F3N6O3/c1-3-35-19-12-17-15(13-32(29-17)14-21(33)31-9-7-30(2)8-10-31)11-18(19)28-22(34)16-5-4-6-20(27-16)23(24,25)26/h4-6,11-13H,3,7-10,14H2,1-2H3,(H,28,34). The highest BCUT2D eigenvalue weighted by atomic mass is 19.4. The zero-order valence-electron chi connectivity index (χ0n) is 19.3. The Bertz CT molecular complexity index is 1230. The van der Waals surface area contributed by atoms with Crippen LogP contribution in [-0.4, -0.2) is 76.2 Å². The quantitative estimate of drug-likeness (QED) is 0.571. The average Bonchev–Trinajstić information content (AvgIpc) is 3.20. The Morgan fingerprint density at radius 1 is 1.14 bits per heavy atom. The number of alkyl halides is 3. The molecule has 4 rings (SSSR count). The first-order valence-electron chi connectivity index (χ1n) is 11.1. The Morgan fingerprint density at radius 3 is 2.57 bits per heavy atom. The molecule has 1 N–H and O–H groups in total. The molecule has 3 aromatic rings. The molecule has 2 aromatic heterocycles. The molecule has 0 spiro atoms. The molecule has 0 aliphatic carbocycles. The van der Waals surface area contributed by atoms with Crippen LogP contribution < -0.4 is 10.1 Å². The SMILES string of the molecule is CCOc1cc2nn(CC(=O)N3CCN(C)CC3)cc2cc1NC(=O)c1cccc(C(F)(F)F)n1. The number of carbonyl (C=O) groups excluding carboxylic acids is 2. The Hall–Kier alpha value is -3.67. The van der Waals surface area contributed by atoms with E-state index in [0.29, 0.717) is 36.3 Å². The maximum absolute atomic E-state index is 13.0. The van der Waals surface area contributed by atoms with Crippen molar-refractivity contribution >= 4 is 28.4 Å². The van der Waals surface area contributed by atoms with Crippen molar-refractivity contribution in [3.63, 3.8) is 0 Å². The van der Waals surface area contributed by atoms with E-state index in [1.807, 2.05) is 7.05 Å². The topological polar surface area (TPSA) is 92.6 Å². The van der Waals surface area contributed by atoms with Crippen molar-refractivity contribution in [2.75, 3.05) is 45.2 Å². The van der Waals surface area contributed by atoms with Gasteiger partial charge in [-0.05, 0) is 32.2 Å². The number of benzene rings is 1. The first kappa shape index (κ1) is 24.5. The van der Waals surface area contributed by atoms with Crippen LogP contribution in [0, 0.1) is 0 Å². The van der Waals surface area contributed by atoms with Gasteiger partial charge in [0, 0.05) is 43.8 Å². The lowest BCUT2D eigenvalue weighted by Crippen LogP contribution is -2.48. The molecular weight excluding hydrogens is 465 g/mol. The summed E-state index contributed by atoms with van der Waals surface area (Å²) in [5, 5.41) is 7.66. The molecular formula is C23H25F3N6O3. The number of piperazine rings is 1. The maximum atomic E-state index is 13.0. The third-order valence-electron chi connectivity index (χ3n) is 5.63. The Balaban J connectivity index is 1.55. The molecule has 1 aliphatic heterocycles. The molecule has 1 fully saturated rings. The number of nitrogens with zero attached hydrogens (tertiary/aromatic N) is 5. The van der Waals surface area contributed by atoms with Crippen molar-refractivity contribution in [1.82, 2.24) is 24.6 Å². The first-order valence-corrected chi connectivity index (χ1v) is 11.1. The Labute approximate surface area is 199 Å². The fourth-order valence-corrected chi connectivity index (χ4v) is 3.76. The van der Waals surface area contributed by atoms with E-state index in [4.69, 9.17) is 4.74 Å². The molecule has 0 radical (unpaired) electrons. The molecule has 186 valence electrons. The molecule has 1 saturated heterocycles. The van der Waals surface area contributed by atoms with Crippen molar-refractivity contribution in [3.05, 3.63) is 47.9 Å². The summed E-state index contributed by atoms with van der Waals surface area (Å²) in [4.78, 5) is 32.7. The van der Waals surface area contributed by atoms with E-state index in [1.165, 1.54) is 10.7 Å².